The van der Waals surface area contributed by atoms with Gasteiger partial charge in [0.2, 0.25) is 0 Å². The van der Waals surface area contributed by atoms with Crippen LogP contribution in [-0.2, 0) is 0 Å². The van der Waals surface area contributed by atoms with Crippen molar-refractivity contribution in [1.29, 1.82) is 0 Å². The normalized spacial score (nSPS) is 11.5. The molecule has 0 aliphatic heterocycles. The SMILES string of the molecule is CCC=CCCCCC=Cc1cccc(OCCCC)c1. The third-order valence-electron chi connectivity index (χ3n) is 3.33. The first-order valence-corrected chi connectivity index (χ1v) is 8.41. The zero-order valence-electron chi connectivity index (χ0n) is 13.7. The molecule has 21 heavy (non-hydrogen) atoms. The van der Waals surface area contributed by atoms with E-state index < -0.39 is 0 Å². The van der Waals surface area contributed by atoms with E-state index >= 15 is 0 Å². The molecule has 0 amide bonds. The van der Waals surface area contributed by atoms with Crippen molar-refractivity contribution in [3.63, 3.8) is 0 Å². The molecule has 0 N–H and O–H groups in total. The summed E-state index contributed by atoms with van der Waals surface area (Å²) in [6.07, 6.45) is 17.4. The summed E-state index contributed by atoms with van der Waals surface area (Å²) in [6.45, 7) is 5.18. The standard InChI is InChI=1S/C20H30O/c1-3-5-7-8-9-10-11-12-14-19-15-13-16-20(18-19)21-17-6-4-2/h5,7,12-16,18H,3-4,6,8-11,17H2,1-2H3. The molecule has 0 atom stereocenters. The third kappa shape index (κ3) is 9.12. The van der Waals surface area contributed by atoms with Gasteiger partial charge in [0, 0.05) is 0 Å². The molecule has 1 nitrogen and oxygen atoms in total. The van der Waals surface area contributed by atoms with Crippen LogP contribution in [0.1, 0.15) is 64.4 Å². The Morgan fingerprint density at radius 2 is 1.76 bits per heavy atom. The summed E-state index contributed by atoms with van der Waals surface area (Å²) in [5.41, 5.74) is 1.23. The van der Waals surface area contributed by atoms with Crippen LogP contribution >= 0.6 is 0 Å². The van der Waals surface area contributed by atoms with Crippen molar-refractivity contribution in [2.24, 2.45) is 0 Å². The fourth-order valence-electron chi connectivity index (χ4n) is 2.07. The van der Waals surface area contributed by atoms with Gasteiger partial charge in [-0.05, 0) is 56.2 Å². The van der Waals surface area contributed by atoms with Crippen molar-refractivity contribution >= 4 is 6.08 Å². The highest BCUT2D eigenvalue weighted by Crippen LogP contribution is 2.15. The highest BCUT2D eigenvalue weighted by Gasteiger charge is 1.94. The number of benzene rings is 1. The molecule has 0 heterocycles. The fourth-order valence-corrected chi connectivity index (χ4v) is 2.07. The van der Waals surface area contributed by atoms with E-state index in [2.05, 4.69) is 56.4 Å². The molecular formula is C20H30O. The van der Waals surface area contributed by atoms with E-state index in [0.717, 1.165) is 31.6 Å². The molecule has 0 aromatic heterocycles. The van der Waals surface area contributed by atoms with Gasteiger partial charge in [0.25, 0.3) is 0 Å². The minimum absolute atomic E-state index is 0.814. The molecule has 1 rings (SSSR count). The van der Waals surface area contributed by atoms with E-state index in [1.807, 2.05) is 6.07 Å². The summed E-state index contributed by atoms with van der Waals surface area (Å²) < 4.78 is 5.73. The van der Waals surface area contributed by atoms with Crippen LogP contribution in [0.15, 0.2) is 42.5 Å². The second kappa shape index (κ2) is 12.3. The van der Waals surface area contributed by atoms with E-state index in [1.54, 1.807) is 0 Å². The number of allylic oxidation sites excluding steroid dienone is 3. The number of hydrogen-bond acceptors (Lipinski definition) is 1. The summed E-state index contributed by atoms with van der Waals surface area (Å²) in [5.74, 6) is 0.982. The minimum Gasteiger partial charge on any atom is -0.494 e. The van der Waals surface area contributed by atoms with Crippen LogP contribution in [0.4, 0.5) is 0 Å². The zero-order valence-corrected chi connectivity index (χ0v) is 13.7. The molecule has 0 aliphatic carbocycles. The second-order valence-electron chi connectivity index (χ2n) is 5.34. The van der Waals surface area contributed by atoms with Gasteiger partial charge in [-0.25, -0.2) is 0 Å². The predicted octanol–water partition coefficient (Wildman–Crippen LogP) is 6.41. The molecule has 0 unspecified atom stereocenters. The Labute approximate surface area is 130 Å². The molecule has 0 bridgehead atoms. The summed E-state index contributed by atoms with van der Waals surface area (Å²) in [6, 6.07) is 8.35. The van der Waals surface area contributed by atoms with Gasteiger partial charge in [-0.3, -0.25) is 0 Å². The van der Waals surface area contributed by atoms with E-state index in [-0.39, 0.29) is 0 Å². The largest absolute Gasteiger partial charge is 0.494 e. The van der Waals surface area contributed by atoms with E-state index in [1.165, 1.54) is 31.2 Å². The fraction of sp³-hybridized carbons (Fsp3) is 0.500. The number of rotatable bonds is 11. The summed E-state index contributed by atoms with van der Waals surface area (Å²) in [4.78, 5) is 0. The average molecular weight is 286 g/mol. The molecule has 1 aromatic rings. The predicted molar refractivity (Wildman–Crippen MR) is 93.8 cm³/mol. The zero-order chi connectivity index (χ0) is 15.2. The maximum absolute atomic E-state index is 5.73. The Hall–Kier alpha value is -1.50. The maximum Gasteiger partial charge on any atom is 0.119 e. The molecule has 0 radical (unpaired) electrons. The van der Waals surface area contributed by atoms with Gasteiger partial charge in [-0.2, -0.15) is 0 Å². The Bertz CT molecular complexity index is 418. The summed E-state index contributed by atoms with van der Waals surface area (Å²) in [7, 11) is 0. The van der Waals surface area contributed by atoms with Crippen molar-refractivity contribution < 1.29 is 4.74 Å². The van der Waals surface area contributed by atoms with Gasteiger partial charge in [0.15, 0.2) is 0 Å². The van der Waals surface area contributed by atoms with Crippen LogP contribution in [0.3, 0.4) is 0 Å². The number of ether oxygens (including phenoxy) is 1. The molecule has 116 valence electrons. The van der Waals surface area contributed by atoms with Crippen LogP contribution in [0.25, 0.3) is 6.08 Å². The van der Waals surface area contributed by atoms with Gasteiger partial charge in [-0.1, -0.05) is 56.7 Å². The van der Waals surface area contributed by atoms with E-state index in [4.69, 9.17) is 4.74 Å². The average Bonchev–Trinajstić information content (AvgIpc) is 2.51. The van der Waals surface area contributed by atoms with Crippen LogP contribution < -0.4 is 4.74 Å². The molecule has 0 fully saturated rings. The molecule has 0 saturated heterocycles. The van der Waals surface area contributed by atoms with Crippen molar-refractivity contribution in [1.82, 2.24) is 0 Å². The summed E-state index contributed by atoms with van der Waals surface area (Å²) in [5, 5.41) is 0. The van der Waals surface area contributed by atoms with E-state index in [9.17, 15) is 0 Å². The molecule has 0 spiro atoms. The van der Waals surface area contributed by atoms with Crippen LogP contribution in [0.5, 0.6) is 5.75 Å². The maximum atomic E-state index is 5.73. The van der Waals surface area contributed by atoms with Gasteiger partial charge >= 0.3 is 0 Å². The van der Waals surface area contributed by atoms with Gasteiger partial charge in [0.05, 0.1) is 6.61 Å². The smallest absolute Gasteiger partial charge is 0.119 e. The Morgan fingerprint density at radius 1 is 0.952 bits per heavy atom. The van der Waals surface area contributed by atoms with Crippen LogP contribution in [0.2, 0.25) is 0 Å². The van der Waals surface area contributed by atoms with Gasteiger partial charge < -0.3 is 4.74 Å². The lowest BCUT2D eigenvalue weighted by Crippen LogP contribution is -1.96. The van der Waals surface area contributed by atoms with Gasteiger partial charge in [-0.15, -0.1) is 0 Å². The Balaban J connectivity index is 2.25. The monoisotopic (exact) mass is 286 g/mol. The van der Waals surface area contributed by atoms with Crippen molar-refractivity contribution in [2.75, 3.05) is 6.61 Å². The molecule has 0 saturated carbocycles. The van der Waals surface area contributed by atoms with E-state index in [0.29, 0.717) is 0 Å². The van der Waals surface area contributed by atoms with Gasteiger partial charge in [0.1, 0.15) is 5.75 Å². The highest BCUT2D eigenvalue weighted by atomic mass is 16.5. The molecule has 0 aliphatic rings. The molecule has 1 aromatic carbocycles. The van der Waals surface area contributed by atoms with Crippen molar-refractivity contribution in [2.45, 2.75) is 58.8 Å². The minimum atomic E-state index is 0.814. The van der Waals surface area contributed by atoms with Crippen molar-refractivity contribution in [3.05, 3.63) is 48.1 Å². The first-order valence-electron chi connectivity index (χ1n) is 8.41. The lowest BCUT2D eigenvalue weighted by molar-refractivity contribution is 0.309. The lowest BCUT2D eigenvalue weighted by atomic mass is 10.1. The Kier molecular flexibility index (Phi) is 10.2. The topological polar surface area (TPSA) is 9.23 Å². The number of unbranched alkanes of at least 4 members (excludes halogenated alkanes) is 4. The van der Waals surface area contributed by atoms with Crippen LogP contribution in [0, 0.1) is 0 Å². The van der Waals surface area contributed by atoms with Crippen LogP contribution in [-0.4, -0.2) is 6.61 Å². The number of hydrogen-bond donors (Lipinski definition) is 0. The summed E-state index contributed by atoms with van der Waals surface area (Å²) >= 11 is 0. The molecular weight excluding hydrogens is 256 g/mol. The molecule has 1 heteroatoms. The first kappa shape index (κ1) is 17.6. The first-order chi connectivity index (χ1) is 10.4. The quantitative estimate of drug-likeness (QED) is 0.337. The Morgan fingerprint density at radius 3 is 2.52 bits per heavy atom. The lowest BCUT2D eigenvalue weighted by Gasteiger charge is -2.05. The second-order valence-corrected chi connectivity index (χ2v) is 5.34. The highest BCUT2D eigenvalue weighted by molar-refractivity contribution is 5.51. The van der Waals surface area contributed by atoms with Crippen molar-refractivity contribution in [3.8, 4) is 5.75 Å². The third-order valence-corrected chi connectivity index (χ3v) is 3.33.